The van der Waals surface area contributed by atoms with Crippen LogP contribution in [0.2, 0.25) is 0 Å². The molecule has 1 aromatic carbocycles. The van der Waals surface area contributed by atoms with Gasteiger partial charge in [0.05, 0.1) is 12.5 Å². The Kier molecular flexibility index (Phi) is 5.16. The molecule has 1 amide bonds. The fraction of sp³-hybridized carbons (Fsp3) is 0.450. The summed E-state index contributed by atoms with van der Waals surface area (Å²) < 4.78 is 2.16. The number of carbonyl (C=O) groups excluding carboxylic acids is 1. The Labute approximate surface area is 138 Å². The molecule has 3 rings (SSSR count). The van der Waals surface area contributed by atoms with Crippen molar-refractivity contribution in [3.63, 3.8) is 0 Å². The summed E-state index contributed by atoms with van der Waals surface area (Å²) in [7, 11) is 0. The number of rotatable bonds is 4. The third kappa shape index (κ3) is 3.84. The third-order valence-electron chi connectivity index (χ3n) is 4.86. The minimum absolute atomic E-state index is 0.0851. The van der Waals surface area contributed by atoms with Gasteiger partial charge in [0.25, 0.3) is 0 Å². The summed E-state index contributed by atoms with van der Waals surface area (Å²) in [5.41, 5.74) is 2.49. The zero-order valence-corrected chi connectivity index (χ0v) is 13.9. The molecular formula is C20H26N2O. The van der Waals surface area contributed by atoms with Crippen molar-refractivity contribution in [1.29, 1.82) is 0 Å². The number of nitrogens with zero attached hydrogens (tertiary/aromatic N) is 2. The summed E-state index contributed by atoms with van der Waals surface area (Å²) in [6.07, 6.45) is 9.46. The van der Waals surface area contributed by atoms with Crippen molar-refractivity contribution < 1.29 is 4.79 Å². The maximum atomic E-state index is 12.9. The Morgan fingerprint density at radius 3 is 2.30 bits per heavy atom. The molecule has 2 heterocycles. The topological polar surface area (TPSA) is 25.2 Å². The van der Waals surface area contributed by atoms with Crippen LogP contribution in [0.3, 0.4) is 0 Å². The zero-order chi connectivity index (χ0) is 16.1. The predicted molar refractivity (Wildman–Crippen MR) is 93.4 cm³/mol. The molecule has 0 radical (unpaired) electrons. The molecule has 1 aromatic heterocycles. The Morgan fingerprint density at radius 1 is 1.00 bits per heavy atom. The Hall–Kier alpha value is -2.03. The van der Waals surface area contributed by atoms with Crippen molar-refractivity contribution in [2.24, 2.45) is 0 Å². The molecule has 1 aliphatic heterocycles. The molecule has 0 aliphatic carbocycles. The van der Waals surface area contributed by atoms with Gasteiger partial charge < -0.3 is 9.47 Å². The van der Waals surface area contributed by atoms with E-state index in [4.69, 9.17) is 0 Å². The van der Waals surface area contributed by atoms with E-state index >= 15 is 0 Å². The van der Waals surface area contributed by atoms with E-state index in [9.17, 15) is 4.79 Å². The fourth-order valence-electron chi connectivity index (χ4n) is 3.51. The lowest BCUT2D eigenvalue weighted by Gasteiger charge is -2.26. The van der Waals surface area contributed by atoms with E-state index in [-0.39, 0.29) is 11.9 Å². The molecule has 0 saturated carbocycles. The van der Waals surface area contributed by atoms with E-state index in [2.05, 4.69) is 53.0 Å². The monoisotopic (exact) mass is 310 g/mol. The number of likely N-dealkylation sites (tertiary alicyclic amines) is 1. The second-order valence-electron chi connectivity index (χ2n) is 6.50. The van der Waals surface area contributed by atoms with Crippen molar-refractivity contribution in [3.05, 3.63) is 59.9 Å². The molecule has 0 bridgehead atoms. The molecule has 0 spiro atoms. The normalized spacial score (nSPS) is 16.8. The molecule has 1 atom stereocenters. The summed E-state index contributed by atoms with van der Waals surface area (Å²) in [4.78, 5) is 14.9. The third-order valence-corrected chi connectivity index (χ3v) is 4.86. The van der Waals surface area contributed by atoms with Crippen molar-refractivity contribution in [1.82, 2.24) is 9.47 Å². The van der Waals surface area contributed by atoms with Crippen LogP contribution in [0.5, 0.6) is 0 Å². The number of aryl methyl sites for hydroxylation is 1. The quantitative estimate of drug-likeness (QED) is 0.831. The molecule has 3 heteroatoms. The van der Waals surface area contributed by atoms with Crippen molar-refractivity contribution in [2.45, 2.75) is 45.1 Å². The summed E-state index contributed by atoms with van der Waals surface area (Å²) in [5.74, 6) is 0.286. The number of aromatic nitrogens is 1. The summed E-state index contributed by atoms with van der Waals surface area (Å²) in [6, 6.07) is 12.5. The maximum Gasteiger partial charge on any atom is 0.225 e. The van der Waals surface area contributed by atoms with E-state index in [1.807, 2.05) is 12.1 Å². The highest BCUT2D eigenvalue weighted by Crippen LogP contribution is 2.26. The van der Waals surface area contributed by atoms with Gasteiger partial charge in [0, 0.05) is 25.5 Å². The number of benzene rings is 1. The van der Waals surface area contributed by atoms with Gasteiger partial charge in [-0.05, 0) is 43.0 Å². The average Bonchev–Trinajstić information content (AvgIpc) is 2.95. The Bertz CT molecular complexity index is 625. The molecule has 1 aliphatic rings. The van der Waals surface area contributed by atoms with Crippen LogP contribution in [0.4, 0.5) is 0 Å². The number of hydrogen-bond donors (Lipinski definition) is 0. The van der Waals surface area contributed by atoms with Crippen LogP contribution in [0.25, 0.3) is 0 Å². The van der Waals surface area contributed by atoms with Gasteiger partial charge in [-0.25, -0.2) is 0 Å². The lowest BCUT2D eigenvalue weighted by atomic mass is 9.98. The van der Waals surface area contributed by atoms with Gasteiger partial charge in [-0.2, -0.15) is 0 Å². The van der Waals surface area contributed by atoms with Crippen molar-refractivity contribution in [3.8, 4) is 0 Å². The number of amides is 1. The molecule has 3 nitrogen and oxygen atoms in total. The van der Waals surface area contributed by atoms with Crippen molar-refractivity contribution in [2.75, 3.05) is 13.1 Å². The first-order valence-electron chi connectivity index (χ1n) is 8.71. The van der Waals surface area contributed by atoms with Crippen LogP contribution in [0.15, 0.2) is 48.8 Å². The van der Waals surface area contributed by atoms with E-state index < -0.39 is 0 Å². The van der Waals surface area contributed by atoms with Crippen LogP contribution < -0.4 is 0 Å². The smallest absolute Gasteiger partial charge is 0.225 e. The van der Waals surface area contributed by atoms with E-state index in [0.29, 0.717) is 6.42 Å². The van der Waals surface area contributed by atoms with E-state index in [0.717, 1.165) is 25.9 Å². The zero-order valence-electron chi connectivity index (χ0n) is 13.9. The lowest BCUT2D eigenvalue weighted by molar-refractivity contribution is -0.131. The molecule has 2 aromatic rings. The average molecular weight is 310 g/mol. The minimum Gasteiger partial charge on any atom is -0.346 e. The van der Waals surface area contributed by atoms with Gasteiger partial charge >= 0.3 is 0 Å². The van der Waals surface area contributed by atoms with E-state index in [1.54, 1.807) is 0 Å². The standard InChI is InChI=1S/C20H26N2O/c1-17-10-4-5-11-18(17)19(21-12-8-9-13-21)16-20(23)22-14-6-2-3-7-15-22/h4-5,8-13,19H,2-3,6-7,14-16H2,1H3. The minimum atomic E-state index is 0.0851. The predicted octanol–water partition coefficient (Wildman–Crippen LogP) is 4.18. The van der Waals surface area contributed by atoms with Gasteiger partial charge in [-0.3, -0.25) is 4.79 Å². The second kappa shape index (κ2) is 7.49. The lowest BCUT2D eigenvalue weighted by Crippen LogP contribution is -2.33. The first kappa shape index (κ1) is 15.9. The first-order valence-corrected chi connectivity index (χ1v) is 8.71. The Morgan fingerprint density at radius 2 is 1.65 bits per heavy atom. The summed E-state index contributed by atoms with van der Waals surface area (Å²) in [5, 5.41) is 0. The van der Waals surface area contributed by atoms with E-state index in [1.165, 1.54) is 24.0 Å². The highest BCUT2D eigenvalue weighted by Gasteiger charge is 2.23. The van der Waals surface area contributed by atoms with Crippen LogP contribution >= 0.6 is 0 Å². The molecule has 1 unspecified atom stereocenters. The fourth-order valence-corrected chi connectivity index (χ4v) is 3.51. The molecular weight excluding hydrogens is 284 g/mol. The highest BCUT2D eigenvalue weighted by atomic mass is 16.2. The van der Waals surface area contributed by atoms with Crippen LogP contribution in [-0.2, 0) is 4.79 Å². The van der Waals surface area contributed by atoms with Gasteiger partial charge in [0.1, 0.15) is 0 Å². The Balaban J connectivity index is 1.82. The van der Waals surface area contributed by atoms with Crippen LogP contribution in [-0.4, -0.2) is 28.5 Å². The molecule has 1 saturated heterocycles. The molecule has 122 valence electrons. The van der Waals surface area contributed by atoms with Gasteiger partial charge in [0.2, 0.25) is 5.91 Å². The van der Waals surface area contributed by atoms with Gasteiger partial charge in [-0.15, -0.1) is 0 Å². The molecule has 23 heavy (non-hydrogen) atoms. The summed E-state index contributed by atoms with van der Waals surface area (Å²) in [6.45, 7) is 3.97. The maximum absolute atomic E-state index is 12.9. The number of carbonyl (C=O) groups is 1. The number of hydrogen-bond acceptors (Lipinski definition) is 1. The summed E-state index contributed by atoms with van der Waals surface area (Å²) >= 11 is 0. The van der Waals surface area contributed by atoms with Gasteiger partial charge in [-0.1, -0.05) is 37.1 Å². The van der Waals surface area contributed by atoms with Crippen LogP contribution in [0.1, 0.15) is 49.3 Å². The van der Waals surface area contributed by atoms with Gasteiger partial charge in [0.15, 0.2) is 0 Å². The van der Waals surface area contributed by atoms with Crippen molar-refractivity contribution >= 4 is 5.91 Å². The van der Waals surface area contributed by atoms with Crippen LogP contribution in [0, 0.1) is 6.92 Å². The first-order chi connectivity index (χ1) is 11.3. The molecule has 0 N–H and O–H groups in total. The second-order valence-corrected chi connectivity index (χ2v) is 6.50. The highest BCUT2D eigenvalue weighted by molar-refractivity contribution is 5.77. The SMILES string of the molecule is Cc1ccccc1C(CC(=O)N1CCCCCC1)n1cccc1. The molecule has 1 fully saturated rings. The largest absolute Gasteiger partial charge is 0.346 e.